The first-order valence-electron chi connectivity index (χ1n) is 7.22. The highest BCUT2D eigenvalue weighted by molar-refractivity contribution is 9.10. The molecule has 1 aliphatic rings. The van der Waals surface area contributed by atoms with Crippen molar-refractivity contribution in [1.82, 2.24) is 4.31 Å². The summed E-state index contributed by atoms with van der Waals surface area (Å²) < 4.78 is 32.5. The summed E-state index contributed by atoms with van der Waals surface area (Å²) in [7, 11) is -1.89. The van der Waals surface area contributed by atoms with Crippen molar-refractivity contribution in [3.05, 3.63) is 16.5 Å². The van der Waals surface area contributed by atoms with E-state index in [2.05, 4.69) is 22.9 Å². The number of halogens is 2. The van der Waals surface area contributed by atoms with E-state index in [4.69, 9.17) is 16.0 Å². The van der Waals surface area contributed by atoms with Crippen molar-refractivity contribution < 1.29 is 12.8 Å². The molecule has 0 N–H and O–H groups in total. The molecule has 0 bridgehead atoms. The number of alkyl halides is 1. The molecule has 0 radical (unpaired) electrons. The first kappa shape index (κ1) is 17.3. The molecule has 1 aromatic heterocycles. The average molecular weight is 399 g/mol. The molecule has 0 aliphatic heterocycles. The predicted molar refractivity (Wildman–Crippen MR) is 87.0 cm³/mol. The molecular formula is C14H21BrClNO3S. The number of sulfonamides is 1. The van der Waals surface area contributed by atoms with Gasteiger partial charge in [0.2, 0.25) is 10.0 Å². The summed E-state index contributed by atoms with van der Waals surface area (Å²) in [6.07, 6.45) is 5.22. The van der Waals surface area contributed by atoms with Gasteiger partial charge in [-0.05, 0) is 47.5 Å². The first-order valence-corrected chi connectivity index (χ1v) is 9.99. The van der Waals surface area contributed by atoms with Crippen molar-refractivity contribution in [2.24, 2.45) is 5.92 Å². The van der Waals surface area contributed by atoms with Crippen LogP contribution in [0, 0.1) is 5.92 Å². The zero-order valence-corrected chi connectivity index (χ0v) is 15.5. The van der Waals surface area contributed by atoms with E-state index < -0.39 is 10.0 Å². The molecule has 1 aromatic rings. The minimum absolute atomic E-state index is 0.0686. The second-order valence-corrected chi connectivity index (χ2v) is 8.54. The lowest BCUT2D eigenvalue weighted by molar-refractivity contribution is 0.232. The van der Waals surface area contributed by atoms with Gasteiger partial charge < -0.3 is 4.42 Å². The van der Waals surface area contributed by atoms with E-state index in [1.807, 2.05) is 0 Å². The predicted octanol–water partition coefficient (Wildman–Crippen LogP) is 4.37. The fourth-order valence-corrected chi connectivity index (χ4v) is 5.41. The Bertz CT molecular complexity index is 579. The van der Waals surface area contributed by atoms with Gasteiger partial charge in [0.15, 0.2) is 4.67 Å². The van der Waals surface area contributed by atoms with Crippen LogP contribution >= 0.6 is 27.5 Å². The number of nitrogens with zero attached hydrogens (tertiary/aromatic N) is 1. The average Bonchev–Trinajstić information content (AvgIpc) is 2.88. The normalized spacial score (nSPS) is 23.7. The highest BCUT2D eigenvalue weighted by Crippen LogP contribution is 2.34. The van der Waals surface area contributed by atoms with Crippen LogP contribution in [0.2, 0.25) is 0 Å². The SMILES string of the molecule is CCC1CCC(N(C)S(=O)(=O)c2cc(CCl)oc2Br)CC1. The number of hydrogen-bond donors (Lipinski definition) is 0. The minimum Gasteiger partial charge on any atom is -0.452 e. The second-order valence-electron chi connectivity index (χ2n) is 5.59. The molecule has 1 aliphatic carbocycles. The Kier molecular flexibility index (Phi) is 5.79. The highest BCUT2D eigenvalue weighted by atomic mass is 79.9. The lowest BCUT2D eigenvalue weighted by Gasteiger charge is -2.33. The molecule has 120 valence electrons. The Morgan fingerprint density at radius 2 is 2.00 bits per heavy atom. The Labute approximate surface area is 140 Å². The van der Waals surface area contributed by atoms with Crippen molar-refractivity contribution in [2.75, 3.05) is 7.05 Å². The summed E-state index contributed by atoms with van der Waals surface area (Å²) in [6.45, 7) is 2.20. The van der Waals surface area contributed by atoms with Crippen molar-refractivity contribution in [3.8, 4) is 0 Å². The molecule has 1 fully saturated rings. The smallest absolute Gasteiger partial charge is 0.247 e. The molecule has 1 saturated carbocycles. The molecule has 7 heteroatoms. The monoisotopic (exact) mass is 397 g/mol. The Hall–Kier alpha value is -0.0400. The topological polar surface area (TPSA) is 50.5 Å². The first-order chi connectivity index (χ1) is 9.90. The van der Waals surface area contributed by atoms with E-state index in [1.54, 1.807) is 7.05 Å². The Morgan fingerprint density at radius 1 is 1.38 bits per heavy atom. The van der Waals surface area contributed by atoms with Gasteiger partial charge in [-0.25, -0.2) is 8.42 Å². The fourth-order valence-electron chi connectivity index (χ4n) is 2.91. The van der Waals surface area contributed by atoms with Crippen LogP contribution in [0.5, 0.6) is 0 Å². The summed E-state index contributed by atoms with van der Waals surface area (Å²) in [5.74, 6) is 1.34. The van der Waals surface area contributed by atoms with Gasteiger partial charge in [-0.15, -0.1) is 11.6 Å². The molecule has 0 amide bonds. The van der Waals surface area contributed by atoms with E-state index in [0.717, 1.165) is 31.6 Å². The molecule has 0 aromatic carbocycles. The van der Waals surface area contributed by atoms with Crippen molar-refractivity contribution >= 4 is 37.6 Å². The minimum atomic E-state index is -3.55. The van der Waals surface area contributed by atoms with Crippen LogP contribution in [0.3, 0.4) is 0 Å². The van der Waals surface area contributed by atoms with E-state index >= 15 is 0 Å². The molecule has 0 spiro atoms. The molecule has 21 heavy (non-hydrogen) atoms. The number of rotatable bonds is 5. The number of hydrogen-bond acceptors (Lipinski definition) is 3. The quantitative estimate of drug-likeness (QED) is 0.692. The summed E-state index contributed by atoms with van der Waals surface area (Å²) in [4.78, 5) is 0.165. The molecule has 2 rings (SSSR count). The van der Waals surface area contributed by atoms with Crippen LogP contribution in [-0.2, 0) is 15.9 Å². The zero-order chi connectivity index (χ0) is 15.6. The summed E-state index contributed by atoms with van der Waals surface area (Å²) in [5.41, 5.74) is 0. The maximum Gasteiger partial charge on any atom is 0.247 e. The van der Waals surface area contributed by atoms with Crippen LogP contribution in [0.15, 0.2) is 20.0 Å². The van der Waals surface area contributed by atoms with E-state index in [1.165, 1.54) is 16.8 Å². The van der Waals surface area contributed by atoms with Gasteiger partial charge >= 0.3 is 0 Å². The lowest BCUT2D eigenvalue weighted by Crippen LogP contribution is -2.39. The third-order valence-corrected chi connectivity index (χ3v) is 7.43. The maximum absolute atomic E-state index is 12.7. The van der Waals surface area contributed by atoms with Gasteiger partial charge in [0.1, 0.15) is 10.7 Å². The van der Waals surface area contributed by atoms with Crippen LogP contribution in [-0.4, -0.2) is 25.8 Å². The molecule has 0 saturated heterocycles. The summed E-state index contributed by atoms with van der Waals surface area (Å²) in [5, 5.41) is 0. The Morgan fingerprint density at radius 3 is 2.48 bits per heavy atom. The van der Waals surface area contributed by atoms with Crippen LogP contribution < -0.4 is 0 Å². The van der Waals surface area contributed by atoms with Crippen LogP contribution in [0.25, 0.3) is 0 Å². The van der Waals surface area contributed by atoms with Gasteiger partial charge in [-0.2, -0.15) is 4.31 Å². The van der Waals surface area contributed by atoms with Gasteiger partial charge in [0.25, 0.3) is 0 Å². The van der Waals surface area contributed by atoms with E-state index in [9.17, 15) is 8.42 Å². The highest BCUT2D eigenvalue weighted by Gasteiger charge is 2.33. The van der Waals surface area contributed by atoms with Gasteiger partial charge in [0.05, 0.1) is 5.88 Å². The van der Waals surface area contributed by atoms with Crippen molar-refractivity contribution in [3.63, 3.8) is 0 Å². The molecule has 0 atom stereocenters. The fraction of sp³-hybridized carbons (Fsp3) is 0.714. The largest absolute Gasteiger partial charge is 0.452 e. The summed E-state index contributed by atoms with van der Waals surface area (Å²) >= 11 is 8.88. The molecule has 0 unspecified atom stereocenters. The third kappa shape index (κ3) is 3.66. The van der Waals surface area contributed by atoms with Crippen molar-refractivity contribution in [2.45, 2.75) is 55.8 Å². The summed E-state index contributed by atoms with van der Waals surface area (Å²) in [6, 6.07) is 1.57. The van der Waals surface area contributed by atoms with Crippen LogP contribution in [0.1, 0.15) is 44.8 Å². The molecular weight excluding hydrogens is 378 g/mol. The lowest BCUT2D eigenvalue weighted by atomic mass is 9.85. The van der Waals surface area contributed by atoms with Gasteiger partial charge in [0, 0.05) is 19.2 Å². The van der Waals surface area contributed by atoms with E-state index in [-0.39, 0.29) is 21.5 Å². The second kappa shape index (κ2) is 7.02. The Balaban J connectivity index is 2.17. The van der Waals surface area contributed by atoms with Crippen LogP contribution in [0.4, 0.5) is 0 Å². The zero-order valence-electron chi connectivity index (χ0n) is 12.3. The molecule has 4 nitrogen and oxygen atoms in total. The van der Waals surface area contributed by atoms with Crippen molar-refractivity contribution in [1.29, 1.82) is 0 Å². The maximum atomic E-state index is 12.7. The number of furan rings is 1. The van der Waals surface area contributed by atoms with Gasteiger partial charge in [-0.3, -0.25) is 0 Å². The third-order valence-electron chi connectivity index (χ3n) is 4.40. The standard InChI is InChI=1S/C14H21BrClNO3S/c1-3-10-4-6-11(7-5-10)17(2)21(18,19)13-8-12(9-16)20-14(13)15/h8,10-11H,3-7,9H2,1-2H3. The molecule has 1 heterocycles. The van der Waals surface area contributed by atoms with Gasteiger partial charge in [-0.1, -0.05) is 13.3 Å². The van der Waals surface area contributed by atoms with E-state index in [0.29, 0.717) is 5.76 Å².